The molecule has 5 N–H and O–H groups in total. The highest BCUT2D eigenvalue weighted by Gasteiger charge is 2.26. The van der Waals surface area contributed by atoms with Gasteiger partial charge in [0.2, 0.25) is 0 Å². The van der Waals surface area contributed by atoms with E-state index in [1.54, 1.807) is 4.68 Å². The average Bonchev–Trinajstić information content (AvgIpc) is 3.28. The van der Waals surface area contributed by atoms with Crippen molar-refractivity contribution in [2.45, 2.75) is 50.8 Å². The molecule has 4 rings (SSSR count). The Hall–Kier alpha value is -2.82. The molecule has 11 heteroatoms. The molecule has 0 aromatic carbocycles. The molecule has 144 valence electrons. The summed E-state index contributed by atoms with van der Waals surface area (Å²) in [6, 6.07) is 1.31. The Morgan fingerprint density at radius 1 is 1.26 bits per heavy atom. The first kappa shape index (κ1) is 17.6. The summed E-state index contributed by atoms with van der Waals surface area (Å²) in [5, 5.41) is 24.2. The molecule has 9 nitrogen and oxygen atoms in total. The van der Waals surface area contributed by atoms with E-state index in [1.807, 2.05) is 0 Å². The first-order valence-electron chi connectivity index (χ1n) is 8.81. The lowest BCUT2D eigenvalue weighted by Crippen LogP contribution is -2.16. The molecule has 3 heterocycles. The van der Waals surface area contributed by atoms with E-state index in [0.29, 0.717) is 11.0 Å². The van der Waals surface area contributed by atoms with Gasteiger partial charge in [0, 0.05) is 6.07 Å². The molecule has 1 aliphatic rings. The number of anilines is 2. The minimum Gasteiger partial charge on any atom is -0.383 e. The summed E-state index contributed by atoms with van der Waals surface area (Å²) in [6.07, 6.45) is 2.72. The predicted molar refractivity (Wildman–Crippen MR) is 94.0 cm³/mol. The van der Waals surface area contributed by atoms with Crippen molar-refractivity contribution in [3.8, 4) is 0 Å². The number of nitrogen functional groups attached to an aromatic ring is 1. The van der Waals surface area contributed by atoms with Gasteiger partial charge in [-0.25, -0.2) is 23.4 Å². The number of aliphatic hydroxyl groups excluding tert-OH is 1. The second-order valence-electron chi connectivity index (χ2n) is 6.64. The summed E-state index contributed by atoms with van der Waals surface area (Å²) in [7, 11) is 0. The van der Waals surface area contributed by atoms with E-state index in [-0.39, 0.29) is 29.1 Å². The first-order valence-corrected chi connectivity index (χ1v) is 8.81. The van der Waals surface area contributed by atoms with Gasteiger partial charge in [-0.3, -0.25) is 5.10 Å². The molecule has 1 saturated carbocycles. The summed E-state index contributed by atoms with van der Waals surface area (Å²) in [4.78, 5) is 8.30. The molecule has 1 unspecified atom stereocenters. The van der Waals surface area contributed by atoms with E-state index in [9.17, 15) is 13.9 Å². The minimum atomic E-state index is -2.68. The van der Waals surface area contributed by atoms with Crippen molar-refractivity contribution in [1.82, 2.24) is 29.9 Å². The highest BCUT2D eigenvalue weighted by atomic mass is 19.3. The van der Waals surface area contributed by atoms with Crippen molar-refractivity contribution < 1.29 is 13.9 Å². The van der Waals surface area contributed by atoms with E-state index in [1.165, 1.54) is 12.7 Å². The summed E-state index contributed by atoms with van der Waals surface area (Å²) in [6.45, 7) is 0. The van der Waals surface area contributed by atoms with E-state index in [0.717, 1.165) is 31.7 Å². The molecule has 1 atom stereocenters. The summed E-state index contributed by atoms with van der Waals surface area (Å²) in [5.41, 5.74) is 6.47. The highest BCUT2D eigenvalue weighted by molar-refractivity contribution is 5.88. The van der Waals surface area contributed by atoms with Crippen LogP contribution in [-0.4, -0.2) is 35.1 Å². The van der Waals surface area contributed by atoms with E-state index < -0.39 is 12.7 Å². The van der Waals surface area contributed by atoms with Crippen LogP contribution in [0.3, 0.4) is 0 Å². The zero-order chi connectivity index (χ0) is 19.0. The number of aromatic amines is 1. The van der Waals surface area contributed by atoms with E-state index in [4.69, 9.17) is 5.73 Å². The number of nitrogens with two attached hydrogens (primary N) is 1. The van der Waals surface area contributed by atoms with Crippen LogP contribution in [0, 0.1) is 0 Å². The third-order valence-electron chi connectivity index (χ3n) is 4.84. The molecule has 0 saturated heterocycles. The number of H-pyrrole nitrogens is 1. The lowest BCUT2D eigenvalue weighted by molar-refractivity contribution is 0.146. The minimum absolute atomic E-state index is 0.0774. The summed E-state index contributed by atoms with van der Waals surface area (Å²) >= 11 is 0. The monoisotopic (exact) mass is 378 g/mol. The van der Waals surface area contributed by atoms with Crippen molar-refractivity contribution in [2.24, 2.45) is 0 Å². The number of rotatable bonds is 5. The molecule has 0 bridgehead atoms. The van der Waals surface area contributed by atoms with Crippen molar-refractivity contribution >= 4 is 22.7 Å². The zero-order valence-electron chi connectivity index (χ0n) is 14.4. The third-order valence-corrected chi connectivity index (χ3v) is 4.84. The van der Waals surface area contributed by atoms with Crippen LogP contribution in [-0.2, 0) is 0 Å². The van der Waals surface area contributed by atoms with Crippen LogP contribution in [0.4, 0.5) is 20.4 Å². The summed E-state index contributed by atoms with van der Waals surface area (Å²) in [5.74, 6) is 0.279. The van der Waals surface area contributed by atoms with Gasteiger partial charge in [-0.05, 0) is 12.8 Å². The van der Waals surface area contributed by atoms with Gasteiger partial charge >= 0.3 is 0 Å². The molecular formula is C16H20F2N8O. The molecule has 0 amide bonds. The van der Waals surface area contributed by atoms with Gasteiger partial charge in [-0.15, -0.1) is 0 Å². The fraction of sp³-hybridized carbons (Fsp3) is 0.500. The molecule has 27 heavy (non-hydrogen) atoms. The smallest absolute Gasteiger partial charge is 0.279 e. The normalized spacial score (nSPS) is 16.9. The maximum absolute atomic E-state index is 12.7. The average molecular weight is 378 g/mol. The number of nitrogens with one attached hydrogen (secondary N) is 2. The van der Waals surface area contributed by atoms with Gasteiger partial charge in [0.25, 0.3) is 6.43 Å². The van der Waals surface area contributed by atoms with Gasteiger partial charge in [-0.1, -0.05) is 19.3 Å². The van der Waals surface area contributed by atoms with E-state index in [2.05, 4.69) is 30.6 Å². The van der Waals surface area contributed by atoms with Crippen LogP contribution in [0.15, 0.2) is 12.4 Å². The fourth-order valence-corrected chi connectivity index (χ4v) is 3.52. The summed E-state index contributed by atoms with van der Waals surface area (Å²) < 4.78 is 27.2. The Morgan fingerprint density at radius 3 is 2.74 bits per heavy atom. The largest absolute Gasteiger partial charge is 0.383 e. The number of alkyl halides is 2. The zero-order valence-corrected chi connectivity index (χ0v) is 14.4. The number of hydrogen-bond acceptors (Lipinski definition) is 7. The Labute approximate surface area is 153 Å². The predicted octanol–water partition coefficient (Wildman–Crippen LogP) is 2.68. The van der Waals surface area contributed by atoms with Gasteiger partial charge in [0.15, 0.2) is 17.7 Å². The fourth-order valence-electron chi connectivity index (χ4n) is 3.52. The van der Waals surface area contributed by atoms with Crippen molar-refractivity contribution in [1.29, 1.82) is 0 Å². The molecular weight excluding hydrogens is 358 g/mol. The van der Waals surface area contributed by atoms with Crippen LogP contribution in [0.1, 0.15) is 62.2 Å². The number of aliphatic hydroxyl groups is 1. The number of hydrogen-bond donors (Lipinski definition) is 4. The number of aromatic nitrogens is 6. The number of halogens is 2. The maximum atomic E-state index is 12.7. The van der Waals surface area contributed by atoms with Crippen LogP contribution in [0.2, 0.25) is 0 Å². The van der Waals surface area contributed by atoms with Crippen molar-refractivity contribution in [3.05, 3.63) is 23.8 Å². The molecule has 0 spiro atoms. The Balaban J connectivity index is 1.69. The van der Waals surface area contributed by atoms with Crippen LogP contribution >= 0.6 is 0 Å². The lowest BCUT2D eigenvalue weighted by Gasteiger charge is -2.22. The van der Waals surface area contributed by atoms with Gasteiger partial charge in [0.1, 0.15) is 23.5 Å². The van der Waals surface area contributed by atoms with Crippen molar-refractivity contribution in [2.75, 3.05) is 11.1 Å². The standard InChI is InChI=1S/C16H20F2N8O/c17-13(18)9-6-10(24-23-9)22-16(27)12-11-14(19)20-7-21-15(11)26(25-12)8-4-2-1-3-5-8/h6-8,13,16,27H,1-5H2,(H2,19,20,21)(H2,22,23,24). The Morgan fingerprint density at radius 2 is 2.04 bits per heavy atom. The van der Waals surface area contributed by atoms with Crippen LogP contribution in [0.5, 0.6) is 0 Å². The van der Waals surface area contributed by atoms with E-state index >= 15 is 0 Å². The topological polar surface area (TPSA) is 131 Å². The van der Waals surface area contributed by atoms with Crippen LogP contribution in [0.25, 0.3) is 11.0 Å². The number of nitrogens with zero attached hydrogens (tertiary/aromatic N) is 5. The van der Waals surface area contributed by atoms with Gasteiger partial charge in [-0.2, -0.15) is 10.2 Å². The molecule has 3 aromatic rings. The molecule has 0 aliphatic heterocycles. The molecule has 1 fully saturated rings. The first-order chi connectivity index (χ1) is 13.0. The second-order valence-corrected chi connectivity index (χ2v) is 6.64. The Kier molecular flexibility index (Phi) is 4.60. The quantitative estimate of drug-likeness (QED) is 0.502. The van der Waals surface area contributed by atoms with Crippen molar-refractivity contribution in [3.63, 3.8) is 0 Å². The SMILES string of the molecule is Nc1ncnc2c1c(C(O)Nc1cc(C(F)F)[nH]n1)nn2C1CCCCC1. The molecule has 1 aliphatic carbocycles. The maximum Gasteiger partial charge on any atom is 0.279 e. The Bertz CT molecular complexity index is 934. The third kappa shape index (κ3) is 3.29. The van der Waals surface area contributed by atoms with Gasteiger partial charge in [0.05, 0.1) is 11.4 Å². The molecule has 3 aromatic heterocycles. The van der Waals surface area contributed by atoms with Gasteiger partial charge < -0.3 is 16.2 Å². The second kappa shape index (κ2) is 7.06. The number of fused-ring (bicyclic) bond motifs is 1. The van der Waals surface area contributed by atoms with Crippen LogP contribution < -0.4 is 11.1 Å². The highest BCUT2D eigenvalue weighted by Crippen LogP contribution is 2.34. The molecule has 0 radical (unpaired) electrons. The lowest BCUT2D eigenvalue weighted by atomic mass is 9.96.